The molecule has 2 N–H and O–H groups in total. The predicted molar refractivity (Wildman–Crippen MR) is 75.6 cm³/mol. The lowest BCUT2D eigenvalue weighted by Crippen LogP contribution is -2.37. The first kappa shape index (κ1) is 13.6. The van der Waals surface area contributed by atoms with Crippen molar-refractivity contribution in [3.63, 3.8) is 0 Å². The first-order valence-electron chi connectivity index (χ1n) is 6.99. The Bertz CT molecular complexity index is 400. The van der Waals surface area contributed by atoms with Crippen molar-refractivity contribution in [2.24, 2.45) is 5.41 Å². The van der Waals surface area contributed by atoms with E-state index in [9.17, 15) is 0 Å². The fraction of sp³-hybridized carbons (Fsp3) is 0.625. The number of aliphatic hydroxyl groups is 1. The van der Waals surface area contributed by atoms with E-state index < -0.39 is 0 Å². The maximum absolute atomic E-state index is 8.91. The van der Waals surface area contributed by atoms with Gasteiger partial charge in [-0.25, -0.2) is 0 Å². The second-order valence-corrected chi connectivity index (χ2v) is 6.23. The van der Waals surface area contributed by atoms with E-state index in [4.69, 9.17) is 5.11 Å². The lowest BCUT2D eigenvalue weighted by molar-refractivity contribution is 0.234. The molecule has 100 valence electrons. The molecule has 1 aromatic carbocycles. The van der Waals surface area contributed by atoms with Gasteiger partial charge in [-0.3, -0.25) is 0 Å². The smallest absolute Gasteiger partial charge is 0.0431 e. The number of aliphatic hydroxyl groups excluding tert-OH is 1. The molecule has 0 bridgehead atoms. The summed E-state index contributed by atoms with van der Waals surface area (Å²) in [6, 6.07) is 9.65. The topological polar surface area (TPSA) is 32.3 Å². The molecule has 0 spiro atoms. The molecule has 1 aromatic rings. The van der Waals surface area contributed by atoms with Crippen LogP contribution in [-0.2, 0) is 6.42 Å². The Morgan fingerprint density at radius 2 is 2.11 bits per heavy atom. The summed E-state index contributed by atoms with van der Waals surface area (Å²) < 4.78 is 0. The van der Waals surface area contributed by atoms with Gasteiger partial charge in [0.2, 0.25) is 0 Å². The molecule has 0 heterocycles. The van der Waals surface area contributed by atoms with Crippen LogP contribution in [0.2, 0.25) is 0 Å². The van der Waals surface area contributed by atoms with Crippen LogP contribution in [0.1, 0.15) is 50.8 Å². The van der Waals surface area contributed by atoms with Gasteiger partial charge < -0.3 is 10.4 Å². The molecule has 0 saturated carbocycles. The van der Waals surface area contributed by atoms with Crippen LogP contribution in [0.5, 0.6) is 0 Å². The van der Waals surface area contributed by atoms with Crippen molar-refractivity contribution in [3.8, 4) is 0 Å². The molecule has 2 nitrogen and oxygen atoms in total. The molecule has 2 rings (SSSR count). The summed E-state index contributed by atoms with van der Waals surface area (Å²) in [7, 11) is 0. The number of nitrogens with one attached hydrogen (secondary N) is 1. The van der Waals surface area contributed by atoms with E-state index in [2.05, 4.69) is 50.4 Å². The molecule has 2 heteroatoms. The van der Waals surface area contributed by atoms with Crippen molar-refractivity contribution in [2.45, 2.75) is 52.1 Å². The minimum atomic E-state index is 0.275. The van der Waals surface area contributed by atoms with E-state index in [1.54, 1.807) is 0 Å². The highest BCUT2D eigenvalue weighted by Crippen LogP contribution is 2.45. The van der Waals surface area contributed by atoms with Gasteiger partial charge in [-0.05, 0) is 42.7 Å². The van der Waals surface area contributed by atoms with Crippen molar-refractivity contribution in [2.75, 3.05) is 6.61 Å². The predicted octanol–water partition coefficient (Wildman–Crippen LogP) is 3.06. The Morgan fingerprint density at radius 1 is 1.39 bits per heavy atom. The summed E-state index contributed by atoms with van der Waals surface area (Å²) in [5, 5.41) is 12.7. The average Bonchev–Trinajstić information content (AvgIpc) is 2.58. The van der Waals surface area contributed by atoms with E-state index in [1.165, 1.54) is 11.1 Å². The highest BCUT2D eigenvalue weighted by Gasteiger charge is 2.38. The van der Waals surface area contributed by atoms with Gasteiger partial charge in [-0.15, -0.1) is 0 Å². The average molecular weight is 247 g/mol. The van der Waals surface area contributed by atoms with Crippen molar-refractivity contribution in [3.05, 3.63) is 35.4 Å². The lowest BCUT2D eigenvalue weighted by Gasteiger charge is -2.31. The maximum atomic E-state index is 8.91. The summed E-state index contributed by atoms with van der Waals surface area (Å²) in [4.78, 5) is 0. The largest absolute Gasteiger partial charge is 0.396 e. The molecular formula is C16H25NO. The standard InChI is InChI=1S/C16H25NO/c1-12(7-6-10-18)17-15-14-9-5-4-8-13(14)11-16(15,2)3/h4-5,8-9,12,15,17-18H,6-7,10-11H2,1-3H3. The number of benzene rings is 1. The van der Waals surface area contributed by atoms with Crippen LogP contribution < -0.4 is 5.32 Å². The minimum absolute atomic E-state index is 0.275. The van der Waals surface area contributed by atoms with Crippen LogP contribution in [0.15, 0.2) is 24.3 Å². The fourth-order valence-electron chi connectivity index (χ4n) is 3.07. The summed E-state index contributed by atoms with van der Waals surface area (Å²) in [5.41, 5.74) is 3.21. The molecule has 2 unspecified atom stereocenters. The summed E-state index contributed by atoms with van der Waals surface area (Å²) in [6.07, 6.45) is 3.06. The molecule has 0 fully saturated rings. The highest BCUT2D eigenvalue weighted by atomic mass is 16.2. The van der Waals surface area contributed by atoms with Gasteiger partial charge in [-0.2, -0.15) is 0 Å². The van der Waals surface area contributed by atoms with Crippen molar-refractivity contribution >= 4 is 0 Å². The highest BCUT2D eigenvalue weighted by molar-refractivity contribution is 5.37. The monoisotopic (exact) mass is 247 g/mol. The fourth-order valence-corrected chi connectivity index (χ4v) is 3.07. The molecule has 0 saturated heterocycles. The van der Waals surface area contributed by atoms with Crippen LogP contribution in [0.4, 0.5) is 0 Å². The molecule has 1 aliphatic carbocycles. The first-order valence-corrected chi connectivity index (χ1v) is 6.99. The summed E-state index contributed by atoms with van der Waals surface area (Å²) in [5.74, 6) is 0. The molecular weight excluding hydrogens is 222 g/mol. The quantitative estimate of drug-likeness (QED) is 0.838. The number of hydrogen-bond donors (Lipinski definition) is 2. The Labute approximate surface area is 110 Å². The van der Waals surface area contributed by atoms with Gasteiger partial charge in [-0.1, -0.05) is 38.1 Å². The number of fused-ring (bicyclic) bond motifs is 1. The van der Waals surface area contributed by atoms with Crippen LogP contribution in [-0.4, -0.2) is 17.8 Å². The Kier molecular flexibility index (Phi) is 4.08. The van der Waals surface area contributed by atoms with Gasteiger partial charge in [0.25, 0.3) is 0 Å². The molecule has 0 amide bonds. The normalized spacial score (nSPS) is 22.8. The molecule has 1 aliphatic rings. The van der Waals surface area contributed by atoms with E-state index in [0.29, 0.717) is 12.1 Å². The third-order valence-electron chi connectivity index (χ3n) is 4.04. The van der Waals surface area contributed by atoms with Crippen LogP contribution >= 0.6 is 0 Å². The zero-order valence-electron chi connectivity index (χ0n) is 11.7. The van der Waals surface area contributed by atoms with Crippen molar-refractivity contribution in [1.29, 1.82) is 0 Å². The lowest BCUT2D eigenvalue weighted by atomic mass is 9.85. The zero-order valence-corrected chi connectivity index (χ0v) is 11.7. The van der Waals surface area contributed by atoms with Gasteiger partial charge in [0.05, 0.1) is 0 Å². The summed E-state index contributed by atoms with van der Waals surface area (Å²) >= 11 is 0. The molecule has 2 atom stereocenters. The number of rotatable bonds is 5. The van der Waals surface area contributed by atoms with E-state index in [-0.39, 0.29) is 12.0 Å². The van der Waals surface area contributed by atoms with Crippen LogP contribution in [0.25, 0.3) is 0 Å². The van der Waals surface area contributed by atoms with Gasteiger partial charge >= 0.3 is 0 Å². The van der Waals surface area contributed by atoms with Gasteiger partial charge in [0.1, 0.15) is 0 Å². The van der Waals surface area contributed by atoms with Gasteiger partial charge in [0.15, 0.2) is 0 Å². The van der Waals surface area contributed by atoms with Crippen molar-refractivity contribution < 1.29 is 5.11 Å². The Balaban J connectivity index is 2.11. The molecule has 18 heavy (non-hydrogen) atoms. The third-order valence-corrected chi connectivity index (χ3v) is 4.04. The van der Waals surface area contributed by atoms with Crippen molar-refractivity contribution in [1.82, 2.24) is 5.32 Å². The van der Waals surface area contributed by atoms with Crippen LogP contribution in [0.3, 0.4) is 0 Å². The second-order valence-electron chi connectivity index (χ2n) is 6.23. The second kappa shape index (κ2) is 5.41. The molecule has 0 radical (unpaired) electrons. The van der Waals surface area contributed by atoms with E-state index in [0.717, 1.165) is 19.3 Å². The Morgan fingerprint density at radius 3 is 2.83 bits per heavy atom. The Hall–Kier alpha value is -0.860. The third kappa shape index (κ3) is 2.76. The SMILES string of the molecule is CC(CCCO)NC1c2ccccc2CC1(C)C. The van der Waals surface area contributed by atoms with Gasteiger partial charge in [0, 0.05) is 18.7 Å². The first-order chi connectivity index (χ1) is 8.54. The van der Waals surface area contributed by atoms with E-state index >= 15 is 0 Å². The van der Waals surface area contributed by atoms with Crippen LogP contribution in [0, 0.1) is 5.41 Å². The summed E-state index contributed by atoms with van der Waals surface area (Å²) in [6.45, 7) is 7.18. The maximum Gasteiger partial charge on any atom is 0.0431 e. The molecule has 0 aliphatic heterocycles. The zero-order chi connectivity index (χ0) is 13.2. The molecule has 0 aromatic heterocycles. The van der Waals surface area contributed by atoms with E-state index in [1.807, 2.05) is 0 Å². The number of hydrogen-bond acceptors (Lipinski definition) is 2. The minimum Gasteiger partial charge on any atom is -0.396 e.